The Morgan fingerprint density at radius 2 is 1.83 bits per heavy atom. The fraction of sp³-hybridized carbons (Fsp3) is 0.143. The first-order valence-corrected chi connectivity index (χ1v) is 8.33. The van der Waals surface area contributed by atoms with Crippen LogP contribution in [0.15, 0.2) is 41.3 Å². The summed E-state index contributed by atoms with van der Waals surface area (Å²) in [5, 5.41) is 10.8. The average Bonchev–Trinajstić information content (AvgIpc) is 2.54. The summed E-state index contributed by atoms with van der Waals surface area (Å²) in [6.45, 7) is 0. The summed E-state index contributed by atoms with van der Waals surface area (Å²) in [4.78, 5) is 9.85. The molecule has 0 saturated carbocycles. The highest BCUT2D eigenvalue weighted by Gasteiger charge is 2.22. The van der Waals surface area contributed by atoms with Gasteiger partial charge in [-0.15, -0.1) is 0 Å². The van der Waals surface area contributed by atoms with Crippen LogP contribution in [0, 0.1) is 10.1 Å². The third kappa shape index (κ3) is 3.69. The number of sulfonamides is 1. The normalized spacial score (nSPS) is 11.0. The second kappa shape index (κ2) is 6.93. The number of nitro benzene ring substituents is 1. The zero-order valence-electron chi connectivity index (χ0n) is 12.6. The molecule has 0 aliphatic heterocycles. The third-order valence-electron chi connectivity index (χ3n) is 3.08. The van der Waals surface area contributed by atoms with E-state index in [9.17, 15) is 18.5 Å². The largest absolute Gasteiger partial charge is 0.497 e. The van der Waals surface area contributed by atoms with Crippen LogP contribution in [0.1, 0.15) is 0 Å². The van der Waals surface area contributed by atoms with Gasteiger partial charge in [0.05, 0.1) is 29.7 Å². The number of nitro groups is 1. The van der Waals surface area contributed by atoms with Crippen molar-refractivity contribution in [1.82, 2.24) is 0 Å². The van der Waals surface area contributed by atoms with Crippen LogP contribution in [-0.4, -0.2) is 27.6 Å². The molecule has 2 aromatic carbocycles. The molecule has 10 heteroatoms. The van der Waals surface area contributed by atoms with Crippen LogP contribution < -0.4 is 14.2 Å². The molecule has 1 N–H and O–H groups in total. The minimum Gasteiger partial charge on any atom is -0.497 e. The van der Waals surface area contributed by atoms with E-state index in [4.69, 9.17) is 21.1 Å². The van der Waals surface area contributed by atoms with Gasteiger partial charge in [0.2, 0.25) is 0 Å². The van der Waals surface area contributed by atoms with Gasteiger partial charge in [-0.25, -0.2) is 8.42 Å². The average molecular weight is 373 g/mol. The molecule has 0 unspecified atom stereocenters. The van der Waals surface area contributed by atoms with Crippen LogP contribution in [0.5, 0.6) is 11.5 Å². The zero-order chi connectivity index (χ0) is 17.9. The van der Waals surface area contributed by atoms with Gasteiger partial charge in [-0.05, 0) is 24.3 Å². The summed E-state index contributed by atoms with van der Waals surface area (Å²) in [6, 6.07) is 7.72. The molecule has 0 aliphatic rings. The Balaban J connectivity index is 2.42. The lowest BCUT2D eigenvalue weighted by Crippen LogP contribution is -2.14. The first kappa shape index (κ1) is 17.8. The van der Waals surface area contributed by atoms with Crippen LogP contribution in [0.4, 0.5) is 11.4 Å². The van der Waals surface area contributed by atoms with E-state index in [1.54, 1.807) is 6.07 Å². The zero-order valence-corrected chi connectivity index (χ0v) is 14.2. The van der Waals surface area contributed by atoms with Gasteiger partial charge in [0, 0.05) is 12.1 Å². The molecule has 2 aromatic rings. The summed E-state index contributed by atoms with van der Waals surface area (Å²) in [6.07, 6.45) is 0. The summed E-state index contributed by atoms with van der Waals surface area (Å²) in [5.74, 6) is 0.721. The molecule has 0 heterocycles. The number of anilines is 1. The number of methoxy groups -OCH3 is 2. The summed E-state index contributed by atoms with van der Waals surface area (Å²) in [7, 11) is -1.23. The standard InChI is InChI=1S/C14H13ClN2O6S/c1-22-9-3-6-12(14(7-9)23-2)16-24(20,21)10-4-5-11(15)13(8-10)17(18)19/h3-8,16H,1-2H3. The molecule has 0 aromatic heterocycles. The van der Waals surface area contributed by atoms with Crippen LogP contribution in [0.3, 0.4) is 0 Å². The van der Waals surface area contributed by atoms with Crippen LogP contribution in [0.2, 0.25) is 5.02 Å². The minimum atomic E-state index is -4.07. The maximum atomic E-state index is 12.4. The smallest absolute Gasteiger partial charge is 0.289 e. The van der Waals surface area contributed by atoms with Gasteiger partial charge in [0.25, 0.3) is 15.7 Å². The Kier molecular flexibility index (Phi) is 5.15. The van der Waals surface area contributed by atoms with Crippen LogP contribution >= 0.6 is 11.6 Å². The molecule has 128 valence electrons. The predicted molar refractivity (Wildman–Crippen MR) is 88.5 cm³/mol. The van der Waals surface area contributed by atoms with Gasteiger partial charge >= 0.3 is 0 Å². The summed E-state index contributed by atoms with van der Waals surface area (Å²) < 4.78 is 37.4. The van der Waals surface area contributed by atoms with Crippen LogP contribution in [-0.2, 0) is 10.0 Å². The van der Waals surface area contributed by atoms with Crippen molar-refractivity contribution >= 4 is 33.0 Å². The van der Waals surface area contributed by atoms with Crippen LogP contribution in [0.25, 0.3) is 0 Å². The number of ether oxygens (including phenoxy) is 2. The monoisotopic (exact) mass is 372 g/mol. The molecule has 0 spiro atoms. The van der Waals surface area contributed by atoms with E-state index in [2.05, 4.69) is 4.72 Å². The number of halogens is 1. The van der Waals surface area contributed by atoms with Crippen molar-refractivity contribution in [2.24, 2.45) is 0 Å². The number of hydrogen-bond acceptors (Lipinski definition) is 6. The topological polar surface area (TPSA) is 108 Å². The number of nitrogens with one attached hydrogen (secondary N) is 1. The Bertz CT molecular complexity index is 885. The molecule has 0 amide bonds. The van der Waals surface area contributed by atoms with Crippen molar-refractivity contribution in [2.45, 2.75) is 4.90 Å². The maximum Gasteiger partial charge on any atom is 0.289 e. The lowest BCUT2D eigenvalue weighted by molar-refractivity contribution is -0.384. The summed E-state index contributed by atoms with van der Waals surface area (Å²) in [5.41, 5.74) is -0.336. The van der Waals surface area contributed by atoms with Gasteiger partial charge < -0.3 is 9.47 Å². The Morgan fingerprint density at radius 3 is 2.42 bits per heavy atom. The first-order chi connectivity index (χ1) is 11.3. The Hall–Kier alpha value is -2.52. The number of rotatable bonds is 6. The highest BCUT2D eigenvalue weighted by atomic mass is 35.5. The Labute approximate surface area is 143 Å². The highest BCUT2D eigenvalue weighted by molar-refractivity contribution is 7.92. The van der Waals surface area contributed by atoms with E-state index in [1.165, 1.54) is 32.4 Å². The predicted octanol–water partition coefficient (Wildman–Crippen LogP) is 3.07. The summed E-state index contributed by atoms with van der Waals surface area (Å²) >= 11 is 5.69. The number of hydrogen-bond donors (Lipinski definition) is 1. The van der Waals surface area contributed by atoms with Gasteiger partial charge in [-0.3, -0.25) is 14.8 Å². The van der Waals surface area contributed by atoms with E-state index in [0.717, 1.165) is 12.1 Å². The van der Waals surface area contributed by atoms with Gasteiger partial charge in [0.15, 0.2) is 0 Å². The molecule has 0 fully saturated rings. The van der Waals surface area contributed by atoms with E-state index >= 15 is 0 Å². The van der Waals surface area contributed by atoms with Crippen molar-refractivity contribution in [1.29, 1.82) is 0 Å². The SMILES string of the molecule is COc1ccc(NS(=O)(=O)c2ccc(Cl)c([N+](=O)[O-])c2)c(OC)c1. The van der Waals surface area contributed by atoms with Crippen molar-refractivity contribution < 1.29 is 22.8 Å². The minimum absolute atomic E-state index is 0.152. The van der Waals surface area contributed by atoms with E-state index < -0.39 is 20.6 Å². The van der Waals surface area contributed by atoms with E-state index in [1.807, 2.05) is 0 Å². The molecule has 0 aliphatic carbocycles. The van der Waals surface area contributed by atoms with Crippen molar-refractivity contribution in [3.05, 3.63) is 51.5 Å². The van der Waals surface area contributed by atoms with Crippen molar-refractivity contribution in [3.8, 4) is 11.5 Å². The van der Waals surface area contributed by atoms with Crippen molar-refractivity contribution in [2.75, 3.05) is 18.9 Å². The molecule has 2 rings (SSSR count). The van der Waals surface area contributed by atoms with E-state index in [0.29, 0.717) is 5.75 Å². The maximum absolute atomic E-state index is 12.4. The highest BCUT2D eigenvalue weighted by Crippen LogP contribution is 2.32. The number of nitrogens with zero attached hydrogens (tertiary/aromatic N) is 1. The van der Waals surface area contributed by atoms with Gasteiger partial charge in [0.1, 0.15) is 16.5 Å². The molecule has 0 atom stereocenters. The Morgan fingerprint density at radius 1 is 1.12 bits per heavy atom. The van der Waals surface area contributed by atoms with Crippen molar-refractivity contribution in [3.63, 3.8) is 0 Å². The van der Waals surface area contributed by atoms with Gasteiger partial charge in [-0.2, -0.15) is 0 Å². The fourth-order valence-corrected chi connectivity index (χ4v) is 3.16. The second-order valence-electron chi connectivity index (χ2n) is 4.54. The molecule has 24 heavy (non-hydrogen) atoms. The molecule has 0 saturated heterocycles. The molecule has 0 radical (unpaired) electrons. The third-order valence-corrected chi connectivity index (χ3v) is 4.76. The van der Waals surface area contributed by atoms with E-state index in [-0.39, 0.29) is 21.4 Å². The quantitative estimate of drug-likeness (QED) is 0.616. The second-order valence-corrected chi connectivity index (χ2v) is 6.63. The molecular formula is C14H13ClN2O6S. The number of benzene rings is 2. The lowest BCUT2D eigenvalue weighted by Gasteiger charge is -2.13. The molecular weight excluding hydrogens is 360 g/mol. The van der Waals surface area contributed by atoms with Gasteiger partial charge in [-0.1, -0.05) is 11.6 Å². The molecule has 8 nitrogen and oxygen atoms in total. The lowest BCUT2D eigenvalue weighted by atomic mass is 10.3. The molecule has 0 bridgehead atoms. The first-order valence-electron chi connectivity index (χ1n) is 6.47. The fourth-order valence-electron chi connectivity index (χ4n) is 1.89.